The van der Waals surface area contributed by atoms with Gasteiger partial charge in [0.2, 0.25) is 5.75 Å². The Balaban J connectivity index is 0.000000340. The van der Waals surface area contributed by atoms with Crippen LogP contribution in [0, 0.1) is 17.8 Å². The fraction of sp³-hybridized carbons (Fsp3) is 0.415. The average molecular weight is 803 g/mol. The molecular weight excluding hydrogens is 756 g/mol. The zero-order chi connectivity index (χ0) is 41.7. The highest BCUT2D eigenvalue weighted by atomic mass is 16.6. The van der Waals surface area contributed by atoms with Crippen LogP contribution in [0.5, 0.6) is 23.0 Å². The van der Waals surface area contributed by atoms with Crippen molar-refractivity contribution < 1.29 is 61.9 Å². The van der Waals surface area contributed by atoms with Crippen molar-refractivity contribution in [2.75, 3.05) is 55.7 Å². The Morgan fingerprint density at radius 1 is 0.759 bits per heavy atom. The zero-order valence-corrected chi connectivity index (χ0v) is 33.0. The second-order valence-corrected chi connectivity index (χ2v) is 14.1. The van der Waals surface area contributed by atoms with Crippen LogP contribution < -0.4 is 29.6 Å². The number of piperidine rings is 1. The first-order valence-electron chi connectivity index (χ1n) is 18.5. The molecule has 1 aliphatic carbocycles. The summed E-state index contributed by atoms with van der Waals surface area (Å²) < 4.78 is 39.1. The number of nitrogens with zero attached hydrogens (tertiary/aromatic N) is 1. The Hall–Kier alpha value is -6.20. The van der Waals surface area contributed by atoms with Gasteiger partial charge < -0.3 is 38.1 Å². The number of aromatic amines is 1. The second kappa shape index (κ2) is 17.9. The minimum atomic E-state index is -0.670. The largest absolute Gasteiger partial charge is 0.497 e. The number of nitrogens with one attached hydrogen (secondary N) is 3. The topological polar surface area (TPSA) is 210 Å². The van der Waals surface area contributed by atoms with Crippen LogP contribution in [0.3, 0.4) is 0 Å². The summed E-state index contributed by atoms with van der Waals surface area (Å²) in [5, 5.41) is 5.27. The molecule has 8 rings (SSSR count). The molecule has 5 heterocycles. The van der Waals surface area contributed by atoms with Crippen molar-refractivity contribution >= 4 is 46.5 Å². The van der Waals surface area contributed by atoms with Gasteiger partial charge in [0.25, 0.3) is 23.6 Å². The first-order chi connectivity index (χ1) is 27.9. The van der Waals surface area contributed by atoms with Gasteiger partial charge in [-0.3, -0.25) is 39.5 Å². The summed E-state index contributed by atoms with van der Waals surface area (Å²) >= 11 is 0. The Kier molecular flexibility index (Phi) is 12.8. The standard InChI is InChI=1S/C33H40N2O9.2C4H3NO2/c1-38-19-7-8-20-21-9-10-35-16-18-13-27(44-32(36)17-11-25(39-2)30(41-4)26(12-17)40-3)31(42-5)28(33(37)43-6)22(18)15-24(35)29(21)34-23(20)14-19;2*6-3-1-2-4(7)5-3/h7-8,11-12,14,18,22,24,27-28,31,34H,9-10,13,15-16H2,1-6H3;2*1-2H,(H,5,6,7)/t18-,22+,24-,27-,28+,31+;;/m1../s1. The third-order valence-electron chi connectivity index (χ3n) is 11.0. The molecule has 308 valence electrons. The van der Waals surface area contributed by atoms with Gasteiger partial charge in [-0.1, -0.05) is 0 Å². The number of carbonyl (C=O) groups excluding carboxylic acids is 6. The SMILES string of the molecule is COC(=O)[C@H]1[C@H]2C[C@@H]3c4[nH]c5cc(OC)ccc5c4CCN3C[C@H]2C[C@@H](OC(=O)c2cc(OC)c(OC)c(OC)c2)[C@@H]1OC.O=C1C=CC(=O)N1.O=C1C=CC(=O)N1. The second-order valence-electron chi connectivity index (χ2n) is 14.1. The van der Waals surface area contributed by atoms with E-state index in [0.717, 1.165) is 37.2 Å². The van der Waals surface area contributed by atoms with E-state index in [1.807, 2.05) is 22.8 Å². The molecule has 0 bridgehead atoms. The molecule has 1 saturated carbocycles. The van der Waals surface area contributed by atoms with E-state index in [2.05, 4.69) is 16.0 Å². The fourth-order valence-corrected chi connectivity index (χ4v) is 8.47. The van der Waals surface area contributed by atoms with E-state index >= 15 is 0 Å². The number of carbonyl (C=O) groups is 6. The number of rotatable bonds is 8. The normalized spacial score (nSPS) is 24.1. The quantitative estimate of drug-likeness (QED) is 0.221. The van der Waals surface area contributed by atoms with Gasteiger partial charge >= 0.3 is 11.9 Å². The first kappa shape index (κ1) is 41.4. The Bertz CT molecular complexity index is 2070. The zero-order valence-electron chi connectivity index (χ0n) is 33.0. The number of hydrogen-bond donors (Lipinski definition) is 3. The van der Waals surface area contributed by atoms with Crippen LogP contribution in [0.15, 0.2) is 54.6 Å². The van der Waals surface area contributed by atoms with Crippen molar-refractivity contribution in [3.8, 4) is 23.0 Å². The maximum Gasteiger partial charge on any atom is 0.338 e. The average Bonchev–Trinajstić information content (AvgIpc) is 3.94. The molecule has 3 N–H and O–H groups in total. The molecule has 1 saturated heterocycles. The molecule has 58 heavy (non-hydrogen) atoms. The molecule has 1 aromatic heterocycles. The van der Waals surface area contributed by atoms with Crippen LogP contribution in [0.2, 0.25) is 0 Å². The summed E-state index contributed by atoms with van der Waals surface area (Å²) in [6.07, 6.45) is 5.71. The van der Waals surface area contributed by atoms with Crippen molar-refractivity contribution in [2.24, 2.45) is 17.8 Å². The van der Waals surface area contributed by atoms with E-state index in [1.54, 1.807) is 26.4 Å². The van der Waals surface area contributed by atoms with E-state index in [0.29, 0.717) is 23.7 Å². The number of esters is 2. The fourth-order valence-electron chi connectivity index (χ4n) is 8.47. The molecule has 4 amide bonds. The minimum Gasteiger partial charge on any atom is -0.497 e. The van der Waals surface area contributed by atoms with E-state index in [-0.39, 0.29) is 53.0 Å². The minimum absolute atomic E-state index is 0.0170. The Morgan fingerprint density at radius 3 is 1.88 bits per heavy atom. The maximum atomic E-state index is 13.5. The van der Waals surface area contributed by atoms with E-state index in [1.165, 1.54) is 69.4 Å². The number of aromatic nitrogens is 1. The van der Waals surface area contributed by atoms with Gasteiger partial charge in [-0.05, 0) is 60.9 Å². The third kappa shape index (κ3) is 8.55. The number of amides is 4. The number of benzene rings is 2. The predicted octanol–water partition coefficient (Wildman–Crippen LogP) is 2.57. The highest BCUT2D eigenvalue weighted by molar-refractivity contribution is 6.13. The molecule has 0 radical (unpaired) electrons. The number of H-pyrrole nitrogens is 1. The van der Waals surface area contributed by atoms with Crippen molar-refractivity contribution in [1.82, 2.24) is 20.5 Å². The molecule has 17 heteroatoms. The van der Waals surface area contributed by atoms with Crippen LogP contribution in [0.1, 0.15) is 40.5 Å². The van der Waals surface area contributed by atoms with E-state index in [4.69, 9.17) is 33.2 Å². The summed E-state index contributed by atoms with van der Waals surface area (Å²) in [6, 6.07) is 9.40. The molecule has 0 spiro atoms. The Labute approximate surface area is 333 Å². The molecule has 4 aliphatic heterocycles. The highest BCUT2D eigenvalue weighted by Crippen LogP contribution is 2.51. The van der Waals surface area contributed by atoms with Gasteiger partial charge in [0, 0.05) is 67.2 Å². The monoisotopic (exact) mass is 802 g/mol. The van der Waals surface area contributed by atoms with Gasteiger partial charge in [-0.2, -0.15) is 0 Å². The maximum absolute atomic E-state index is 13.5. The molecular formula is C41H46N4O13. The number of hydrogen-bond acceptors (Lipinski definition) is 14. The smallest absolute Gasteiger partial charge is 0.338 e. The van der Waals surface area contributed by atoms with E-state index < -0.39 is 24.1 Å². The Morgan fingerprint density at radius 2 is 1.38 bits per heavy atom. The lowest BCUT2D eigenvalue weighted by Gasteiger charge is -2.52. The van der Waals surface area contributed by atoms with Gasteiger partial charge in [0.15, 0.2) is 11.5 Å². The van der Waals surface area contributed by atoms with Gasteiger partial charge in [-0.25, -0.2) is 4.79 Å². The summed E-state index contributed by atoms with van der Waals surface area (Å²) in [4.78, 5) is 73.3. The van der Waals surface area contributed by atoms with Crippen LogP contribution in [0.25, 0.3) is 10.9 Å². The molecule has 6 atom stereocenters. The summed E-state index contributed by atoms with van der Waals surface area (Å²) in [5.74, 6) is -0.874. The predicted molar refractivity (Wildman–Crippen MR) is 205 cm³/mol. The first-order valence-corrected chi connectivity index (χ1v) is 18.5. The van der Waals surface area contributed by atoms with Gasteiger partial charge in [0.1, 0.15) is 18.0 Å². The number of methoxy groups -OCH3 is 6. The van der Waals surface area contributed by atoms with E-state index in [9.17, 15) is 28.8 Å². The van der Waals surface area contributed by atoms with Crippen molar-refractivity contribution in [1.29, 1.82) is 0 Å². The van der Waals surface area contributed by atoms with Crippen LogP contribution >= 0.6 is 0 Å². The molecule has 2 fully saturated rings. The van der Waals surface area contributed by atoms with Crippen molar-refractivity contribution in [3.63, 3.8) is 0 Å². The molecule has 3 aromatic rings. The van der Waals surface area contributed by atoms with Crippen LogP contribution in [-0.2, 0) is 44.6 Å². The van der Waals surface area contributed by atoms with Crippen LogP contribution in [-0.4, -0.2) is 113 Å². The molecule has 0 unspecified atom stereocenters. The lowest BCUT2D eigenvalue weighted by molar-refractivity contribution is -0.176. The van der Waals surface area contributed by atoms with Crippen molar-refractivity contribution in [2.45, 2.75) is 37.5 Å². The number of imide groups is 2. The molecule has 17 nitrogen and oxygen atoms in total. The van der Waals surface area contributed by atoms with Gasteiger partial charge in [-0.15, -0.1) is 0 Å². The molecule has 5 aliphatic rings. The van der Waals surface area contributed by atoms with Gasteiger partial charge in [0.05, 0.1) is 53.1 Å². The lowest BCUT2D eigenvalue weighted by Crippen LogP contribution is -2.58. The third-order valence-corrected chi connectivity index (χ3v) is 11.0. The summed E-state index contributed by atoms with van der Waals surface area (Å²) in [5.41, 5.74) is 3.83. The van der Waals surface area contributed by atoms with Crippen molar-refractivity contribution in [3.05, 3.63) is 71.5 Å². The summed E-state index contributed by atoms with van der Waals surface area (Å²) in [6.45, 7) is 1.68. The highest BCUT2D eigenvalue weighted by Gasteiger charge is 2.54. The van der Waals surface area contributed by atoms with Crippen LogP contribution in [0.4, 0.5) is 0 Å². The number of fused-ring (bicyclic) bond motifs is 6. The molecule has 2 aromatic carbocycles. The number of ether oxygens (including phenoxy) is 7. The lowest BCUT2D eigenvalue weighted by atomic mass is 9.63. The summed E-state index contributed by atoms with van der Waals surface area (Å²) in [7, 11) is 9.10.